The molecule has 0 aliphatic heterocycles. The average Bonchev–Trinajstić information content (AvgIpc) is 3.10. The van der Waals surface area contributed by atoms with Crippen LogP contribution >= 0.6 is 23.1 Å². The van der Waals surface area contributed by atoms with Crippen LogP contribution in [0.3, 0.4) is 0 Å². The Bertz CT molecular complexity index is 894. The largest absolute Gasteiger partial charge is 0.457 e. The molecule has 0 fully saturated rings. The van der Waals surface area contributed by atoms with Gasteiger partial charge in [0.25, 0.3) is 5.91 Å². The number of nitrogens with one attached hydrogen (secondary N) is 1. The Morgan fingerprint density at radius 1 is 1.15 bits per heavy atom. The molecule has 0 radical (unpaired) electrons. The van der Waals surface area contributed by atoms with Crippen LogP contribution in [-0.2, 0) is 0 Å². The van der Waals surface area contributed by atoms with E-state index in [1.807, 2.05) is 31.2 Å². The molecule has 1 amide bonds. The normalized spacial score (nSPS) is 10.6. The van der Waals surface area contributed by atoms with Crippen LogP contribution in [-0.4, -0.2) is 21.9 Å². The van der Waals surface area contributed by atoms with Gasteiger partial charge in [-0.1, -0.05) is 48.6 Å². The zero-order valence-corrected chi connectivity index (χ0v) is 16.9. The molecule has 3 aromatic rings. The topological polar surface area (TPSA) is 64.1 Å². The molecule has 0 saturated carbocycles. The first-order chi connectivity index (χ1) is 13.1. The van der Waals surface area contributed by atoms with Crippen LogP contribution in [0.25, 0.3) is 0 Å². The highest BCUT2D eigenvalue weighted by Crippen LogP contribution is 2.27. The average molecular weight is 400 g/mol. The van der Waals surface area contributed by atoms with Gasteiger partial charge in [0.05, 0.1) is 0 Å². The summed E-state index contributed by atoms with van der Waals surface area (Å²) in [6.07, 6.45) is 2.29. The highest BCUT2D eigenvalue weighted by Gasteiger charge is 2.11. The van der Waals surface area contributed by atoms with E-state index in [9.17, 15) is 4.79 Å². The number of aryl methyl sites for hydroxylation is 1. The Labute approximate surface area is 167 Å². The first-order valence-electron chi connectivity index (χ1n) is 8.76. The van der Waals surface area contributed by atoms with E-state index in [2.05, 4.69) is 22.4 Å². The van der Waals surface area contributed by atoms with Crippen molar-refractivity contribution in [1.29, 1.82) is 0 Å². The van der Waals surface area contributed by atoms with Gasteiger partial charge in [0.1, 0.15) is 11.5 Å². The third-order valence-corrected chi connectivity index (χ3v) is 5.75. The number of nitrogens with zero attached hydrogens (tertiary/aromatic N) is 2. The number of rotatable bonds is 8. The van der Waals surface area contributed by atoms with Gasteiger partial charge in [-0.15, -0.1) is 10.2 Å². The molecule has 0 bridgehead atoms. The van der Waals surface area contributed by atoms with Crippen molar-refractivity contribution >= 4 is 34.1 Å². The summed E-state index contributed by atoms with van der Waals surface area (Å²) < 4.78 is 6.68. The van der Waals surface area contributed by atoms with Gasteiger partial charge in [-0.05, 0) is 55.3 Å². The van der Waals surface area contributed by atoms with Crippen molar-refractivity contribution in [2.45, 2.75) is 31.0 Å². The molecule has 140 valence electrons. The van der Waals surface area contributed by atoms with Crippen LogP contribution in [0.15, 0.2) is 52.9 Å². The summed E-state index contributed by atoms with van der Waals surface area (Å²) in [5.41, 5.74) is 1.68. The number of carbonyl (C=O) groups is 1. The van der Waals surface area contributed by atoms with Gasteiger partial charge in [0.15, 0.2) is 4.34 Å². The van der Waals surface area contributed by atoms with Gasteiger partial charge in [0, 0.05) is 11.3 Å². The molecule has 2 aromatic carbocycles. The minimum absolute atomic E-state index is 0.210. The number of hydrogen-bond acceptors (Lipinski definition) is 6. The molecule has 1 heterocycles. The Hall–Kier alpha value is -2.38. The maximum Gasteiger partial charge on any atom is 0.257 e. The summed E-state index contributed by atoms with van der Waals surface area (Å²) in [7, 11) is 0. The Morgan fingerprint density at radius 2 is 1.96 bits per heavy atom. The molecule has 3 rings (SSSR count). The molecule has 0 aliphatic rings. The van der Waals surface area contributed by atoms with E-state index in [0.717, 1.165) is 34.2 Å². The van der Waals surface area contributed by atoms with Crippen molar-refractivity contribution in [3.63, 3.8) is 0 Å². The summed E-state index contributed by atoms with van der Waals surface area (Å²) in [5, 5.41) is 11.4. The zero-order valence-electron chi connectivity index (χ0n) is 15.3. The van der Waals surface area contributed by atoms with Crippen molar-refractivity contribution in [3.8, 4) is 11.5 Å². The third kappa shape index (κ3) is 5.80. The first-order valence-corrected chi connectivity index (χ1v) is 10.6. The van der Waals surface area contributed by atoms with Gasteiger partial charge in [-0.25, -0.2) is 0 Å². The Kier molecular flexibility index (Phi) is 6.84. The second kappa shape index (κ2) is 9.53. The second-order valence-electron chi connectivity index (χ2n) is 5.97. The van der Waals surface area contributed by atoms with Crippen LogP contribution < -0.4 is 10.1 Å². The van der Waals surface area contributed by atoms with Gasteiger partial charge in [-0.3, -0.25) is 10.1 Å². The summed E-state index contributed by atoms with van der Waals surface area (Å²) in [6, 6.07) is 14.9. The lowest BCUT2D eigenvalue weighted by Crippen LogP contribution is -2.11. The Morgan fingerprint density at radius 3 is 2.70 bits per heavy atom. The van der Waals surface area contributed by atoms with Crippen molar-refractivity contribution in [2.24, 2.45) is 0 Å². The lowest BCUT2D eigenvalue weighted by molar-refractivity contribution is 0.102. The van der Waals surface area contributed by atoms with E-state index < -0.39 is 0 Å². The van der Waals surface area contributed by atoms with Crippen LogP contribution in [0.5, 0.6) is 11.5 Å². The van der Waals surface area contributed by atoms with E-state index in [-0.39, 0.29) is 5.91 Å². The van der Waals surface area contributed by atoms with Crippen LogP contribution in [0.4, 0.5) is 5.13 Å². The van der Waals surface area contributed by atoms with Crippen LogP contribution in [0.2, 0.25) is 0 Å². The molecule has 0 atom stereocenters. The van der Waals surface area contributed by atoms with E-state index >= 15 is 0 Å². The smallest absolute Gasteiger partial charge is 0.257 e. The monoisotopic (exact) mass is 399 g/mol. The molecule has 0 spiro atoms. The number of amides is 1. The van der Waals surface area contributed by atoms with E-state index in [0.29, 0.717) is 16.4 Å². The molecule has 0 saturated heterocycles. The molecule has 1 N–H and O–H groups in total. The van der Waals surface area contributed by atoms with E-state index in [4.69, 9.17) is 4.74 Å². The van der Waals surface area contributed by atoms with Gasteiger partial charge < -0.3 is 4.74 Å². The summed E-state index contributed by atoms with van der Waals surface area (Å²) in [6.45, 7) is 4.17. The number of unbranched alkanes of at least 4 members (excludes halogenated alkanes) is 1. The molecular weight excluding hydrogens is 378 g/mol. The maximum absolute atomic E-state index is 12.4. The van der Waals surface area contributed by atoms with Crippen LogP contribution in [0, 0.1) is 6.92 Å². The maximum atomic E-state index is 12.4. The summed E-state index contributed by atoms with van der Waals surface area (Å²) in [5.74, 6) is 2.26. The minimum Gasteiger partial charge on any atom is -0.457 e. The zero-order chi connectivity index (χ0) is 19.1. The highest BCUT2D eigenvalue weighted by atomic mass is 32.2. The third-order valence-electron chi connectivity index (χ3n) is 3.69. The number of benzene rings is 2. The SMILES string of the molecule is CCCCSc1nnc(NC(=O)c2ccc(Oc3cccc(C)c3)cc2)s1. The molecule has 27 heavy (non-hydrogen) atoms. The number of ether oxygens (including phenoxy) is 1. The van der Waals surface area contributed by atoms with Crippen LogP contribution in [0.1, 0.15) is 35.7 Å². The van der Waals surface area contributed by atoms with Gasteiger partial charge in [0.2, 0.25) is 5.13 Å². The first kappa shape index (κ1) is 19.4. The van der Waals surface area contributed by atoms with Crippen molar-refractivity contribution in [2.75, 3.05) is 11.1 Å². The lowest BCUT2D eigenvalue weighted by Gasteiger charge is -2.07. The second-order valence-corrected chi connectivity index (χ2v) is 8.29. The molecule has 1 aromatic heterocycles. The molecule has 7 heteroatoms. The quantitative estimate of drug-likeness (QED) is 0.295. The lowest BCUT2D eigenvalue weighted by atomic mass is 10.2. The van der Waals surface area contributed by atoms with Gasteiger partial charge >= 0.3 is 0 Å². The number of hydrogen-bond donors (Lipinski definition) is 1. The predicted octanol–water partition coefficient (Wildman–Crippen LogP) is 5.78. The molecule has 0 unspecified atom stereocenters. The minimum atomic E-state index is -0.210. The highest BCUT2D eigenvalue weighted by molar-refractivity contribution is 8.01. The Balaban J connectivity index is 1.57. The number of anilines is 1. The van der Waals surface area contributed by atoms with Crippen molar-refractivity contribution in [1.82, 2.24) is 10.2 Å². The number of thioether (sulfide) groups is 1. The summed E-state index contributed by atoms with van der Waals surface area (Å²) in [4.78, 5) is 12.4. The molecular formula is C20H21N3O2S2. The van der Waals surface area contributed by atoms with E-state index in [1.165, 1.54) is 11.3 Å². The van der Waals surface area contributed by atoms with Crippen molar-refractivity contribution < 1.29 is 9.53 Å². The number of carbonyl (C=O) groups excluding carboxylic acids is 1. The van der Waals surface area contributed by atoms with E-state index in [1.54, 1.807) is 36.0 Å². The molecule has 5 nitrogen and oxygen atoms in total. The fourth-order valence-corrected chi connectivity index (χ4v) is 4.18. The summed E-state index contributed by atoms with van der Waals surface area (Å²) >= 11 is 3.07. The standard InChI is InChI=1S/C20H21N3O2S2/c1-3-4-12-26-20-23-22-19(27-20)21-18(24)15-8-10-16(11-9-15)25-17-7-5-6-14(2)13-17/h5-11,13H,3-4,12H2,1-2H3,(H,21,22,24). The number of aromatic nitrogens is 2. The fourth-order valence-electron chi connectivity index (χ4n) is 2.28. The predicted molar refractivity (Wildman–Crippen MR) is 111 cm³/mol. The van der Waals surface area contributed by atoms with Crippen molar-refractivity contribution in [3.05, 3.63) is 59.7 Å². The fraction of sp³-hybridized carbons (Fsp3) is 0.250. The molecule has 0 aliphatic carbocycles. The van der Waals surface area contributed by atoms with Gasteiger partial charge in [-0.2, -0.15) is 0 Å².